The smallest absolute Gasteiger partial charge is 0.264 e. The van der Waals surface area contributed by atoms with Crippen LogP contribution in [0.2, 0.25) is 0 Å². The number of benzene rings is 1. The molecule has 0 aliphatic carbocycles. The van der Waals surface area contributed by atoms with Crippen molar-refractivity contribution in [1.29, 1.82) is 0 Å². The average Bonchev–Trinajstić information content (AvgIpc) is 2.55. The fourth-order valence-electron chi connectivity index (χ4n) is 2.14. The quantitative estimate of drug-likeness (QED) is 0.839. The third-order valence-corrected chi connectivity index (χ3v) is 5.02. The van der Waals surface area contributed by atoms with Crippen molar-refractivity contribution in [2.75, 3.05) is 7.11 Å². The van der Waals surface area contributed by atoms with E-state index >= 15 is 0 Å². The molecule has 0 spiro atoms. The fourth-order valence-corrected chi connectivity index (χ4v) is 3.39. The summed E-state index contributed by atoms with van der Waals surface area (Å²) >= 11 is 0. The summed E-state index contributed by atoms with van der Waals surface area (Å²) < 4.78 is 32.0. The number of carbonyl (C=O) groups is 1. The second-order valence-corrected chi connectivity index (χ2v) is 6.72. The summed E-state index contributed by atoms with van der Waals surface area (Å²) in [6.07, 6.45) is 4.15. The molecule has 0 saturated heterocycles. The lowest BCUT2D eigenvalue weighted by Crippen LogP contribution is -2.29. The van der Waals surface area contributed by atoms with Crippen molar-refractivity contribution in [3.8, 4) is 5.75 Å². The zero-order chi connectivity index (χ0) is 17.7. The Morgan fingerprint density at radius 2 is 1.92 bits per heavy atom. The molecule has 0 aliphatic heterocycles. The van der Waals surface area contributed by atoms with Crippen molar-refractivity contribution in [2.45, 2.75) is 18.7 Å². The highest BCUT2D eigenvalue weighted by Gasteiger charge is 2.21. The Hall–Kier alpha value is -2.67. The minimum absolute atomic E-state index is 0.0420. The molecule has 1 aromatic carbocycles. The van der Waals surface area contributed by atoms with Crippen molar-refractivity contribution in [2.24, 2.45) is 0 Å². The van der Waals surface area contributed by atoms with Gasteiger partial charge in [0.15, 0.2) is 0 Å². The molecule has 0 aliphatic rings. The monoisotopic (exact) mass is 346 g/mol. The molecule has 0 fully saturated rings. The van der Waals surface area contributed by atoms with Crippen LogP contribution in [0.15, 0.2) is 47.5 Å². The Balaban J connectivity index is 2.21. The number of methoxy groups -OCH3 is 1. The van der Waals surface area contributed by atoms with Crippen LogP contribution in [-0.2, 0) is 14.8 Å². The molecule has 0 radical (unpaired) electrons. The molecule has 24 heavy (non-hydrogen) atoms. The first-order chi connectivity index (χ1) is 11.3. The van der Waals surface area contributed by atoms with Gasteiger partial charge in [0, 0.05) is 12.3 Å². The van der Waals surface area contributed by atoms with Gasteiger partial charge < -0.3 is 4.74 Å². The zero-order valence-corrected chi connectivity index (χ0v) is 14.4. The Morgan fingerprint density at radius 1 is 1.17 bits per heavy atom. The summed E-state index contributed by atoms with van der Waals surface area (Å²) in [5, 5.41) is 0. The third-order valence-electron chi connectivity index (χ3n) is 3.53. The molecule has 1 N–H and O–H groups in total. The molecule has 1 aromatic heterocycles. The number of hydrogen-bond donors (Lipinski definition) is 1. The maximum atomic E-state index is 12.4. The van der Waals surface area contributed by atoms with Gasteiger partial charge in [-0.2, -0.15) is 0 Å². The van der Waals surface area contributed by atoms with E-state index in [0.29, 0.717) is 22.6 Å². The Kier molecular flexibility index (Phi) is 5.35. The molecule has 1 heterocycles. The molecule has 7 heteroatoms. The number of hydrogen-bond acceptors (Lipinski definition) is 5. The summed E-state index contributed by atoms with van der Waals surface area (Å²) in [6, 6.07) is 8.20. The van der Waals surface area contributed by atoms with Crippen LogP contribution in [0.5, 0.6) is 5.75 Å². The number of amides is 1. The normalized spacial score (nSPS) is 11.5. The lowest BCUT2D eigenvalue weighted by atomic mass is 10.1. The lowest BCUT2D eigenvalue weighted by Gasteiger charge is -2.13. The first kappa shape index (κ1) is 17.7. The summed E-state index contributed by atoms with van der Waals surface area (Å²) in [6.45, 7) is 3.43. The van der Waals surface area contributed by atoms with Gasteiger partial charge in [-0.05, 0) is 55.3 Å². The van der Waals surface area contributed by atoms with Gasteiger partial charge in [0.05, 0.1) is 17.7 Å². The van der Waals surface area contributed by atoms with Gasteiger partial charge in [0.1, 0.15) is 5.75 Å². The van der Waals surface area contributed by atoms with E-state index in [0.717, 1.165) is 6.08 Å². The molecule has 0 saturated carbocycles. The predicted octanol–water partition coefficient (Wildman–Crippen LogP) is 2.23. The van der Waals surface area contributed by atoms with Crippen LogP contribution in [-0.4, -0.2) is 26.4 Å². The summed E-state index contributed by atoms with van der Waals surface area (Å²) in [4.78, 5) is 16.0. The molecule has 2 rings (SSSR count). The van der Waals surface area contributed by atoms with E-state index in [-0.39, 0.29) is 4.90 Å². The topological polar surface area (TPSA) is 85.4 Å². The first-order valence-corrected chi connectivity index (χ1v) is 8.63. The second kappa shape index (κ2) is 7.27. The molecule has 2 aromatic rings. The molecule has 126 valence electrons. The van der Waals surface area contributed by atoms with Crippen molar-refractivity contribution in [3.63, 3.8) is 0 Å². The van der Waals surface area contributed by atoms with Gasteiger partial charge >= 0.3 is 0 Å². The maximum Gasteiger partial charge on any atom is 0.264 e. The SMILES string of the molecule is COc1ccc(S(=O)(=O)NC(=O)/C=C/c2ccccn2)c(C)c1C. The van der Waals surface area contributed by atoms with Crippen LogP contribution in [0, 0.1) is 13.8 Å². The van der Waals surface area contributed by atoms with E-state index in [4.69, 9.17) is 4.74 Å². The number of nitrogens with one attached hydrogen (secondary N) is 1. The largest absolute Gasteiger partial charge is 0.496 e. The van der Waals surface area contributed by atoms with Crippen LogP contribution in [0.1, 0.15) is 16.8 Å². The number of pyridine rings is 1. The van der Waals surface area contributed by atoms with Crippen LogP contribution < -0.4 is 9.46 Å². The highest BCUT2D eigenvalue weighted by molar-refractivity contribution is 7.90. The molecule has 6 nitrogen and oxygen atoms in total. The average molecular weight is 346 g/mol. The molecule has 0 bridgehead atoms. The molecular weight excluding hydrogens is 328 g/mol. The Morgan fingerprint density at radius 3 is 2.54 bits per heavy atom. The highest BCUT2D eigenvalue weighted by atomic mass is 32.2. The minimum atomic E-state index is -3.97. The first-order valence-electron chi connectivity index (χ1n) is 7.15. The number of rotatable bonds is 5. The van der Waals surface area contributed by atoms with Gasteiger partial charge in [0.25, 0.3) is 15.9 Å². The van der Waals surface area contributed by atoms with Crippen molar-refractivity contribution in [3.05, 3.63) is 59.4 Å². The zero-order valence-electron chi connectivity index (χ0n) is 13.6. The van der Waals surface area contributed by atoms with E-state index in [1.165, 1.54) is 19.3 Å². The van der Waals surface area contributed by atoms with Crippen molar-refractivity contribution < 1.29 is 17.9 Å². The summed E-state index contributed by atoms with van der Waals surface area (Å²) in [7, 11) is -2.45. The number of ether oxygens (including phenoxy) is 1. The number of sulfonamides is 1. The van der Waals surface area contributed by atoms with Crippen LogP contribution in [0.3, 0.4) is 0 Å². The number of nitrogens with zero attached hydrogens (tertiary/aromatic N) is 1. The standard InChI is InChI=1S/C17H18N2O4S/c1-12-13(2)16(9-8-15(12)23-3)24(21,22)19-17(20)10-7-14-6-4-5-11-18-14/h4-11H,1-3H3,(H,19,20)/b10-7+. The van der Waals surface area contributed by atoms with E-state index in [1.807, 2.05) is 4.72 Å². The second-order valence-electron chi connectivity index (χ2n) is 5.07. The fraction of sp³-hybridized carbons (Fsp3) is 0.176. The minimum Gasteiger partial charge on any atom is -0.496 e. The highest BCUT2D eigenvalue weighted by Crippen LogP contribution is 2.26. The van der Waals surface area contributed by atoms with Gasteiger partial charge in [-0.1, -0.05) is 6.07 Å². The van der Waals surface area contributed by atoms with Crippen LogP contribution in [0.4, 0.5) is 0 Å². The predicted molar refractivity (Wildman–Crippen MR) is 91.1 cm³/mol. The lowest BCUT2D eigenvalue weighted by molar-refractivity contribution is -0.114. The van der Waals surface area contributed by atoms with E-state index < -0.39 is 15.9 Å². The van der Waals surface area contributed by atoms with E-state index in [9.17, 15) is 13.2 Å². The Labute approximate surface area is 141 Å². The number of carbonyl (C=O) groups excluding carboxylic acids is 1. The van der Waals surface area contributed by atoms with Crippen LogP contribution >= 0.6 is 0 Å². The summed E-state index contributed by atoms with van der Waals surface area (Å²) in [5.74, 6) is -0.152. The number of aromatic nitrogens is 1. The van der Waals surface area contributed by atoms with Gasteiger partial charge in [0.2, 0.25) is 0 Å². The molecule has 0 unspecified atom stereocenters. The third kappa shape index (κ3) is 3.99. The van der Waals surface area contributed by atoms with E-state index in [2.05, 4.69) is 4.98 Å². The summed E-state index contributed by atoms with van der Waals surface area (Å²) in [5.41, 5.74) is 1.79. The van der Waals surface area contributed by atoms with Crippen LogP contribution in [0.25, 0.3) is 6.08 Å². The molecule has 1 amide bonds. The van der Waals surface area contributed by atoms with E-state index in [1.54, 1.807) is 44.3 Å². The molecular formula is C17H18N2O4S. The van der Waals surface area contributed by atoms with Gasteiger partial charge in [-0.25, -0.2) is 13.1 Å². The van der Waals surface area contributed by atoms with Gasteiger partial charge in [-0.3, -0.25) is 9.78 Å². The van der Waals surface area contributed by atoms with Gasteiger partial charge in [-0.15, -0.1) is 0 Å². The van der Waals surface area contributed by atoms with Crippen molar-refractivity contribution >= 4 is 22.0 Å². The molecule has 0 atom stereocenters. The maximum absolute atomic E-state index is 12.4. The van der Waals surface area contributed by atoms with Crippen molar-refractivity contribution in [1.82, 2.24) is 9.71 Å². The Bertz CT molecular complexity index is 875.